The smallest absolute Gasteiger partial charge is 0.319 e. The molecule has 4 rings (SSSR count). The molecule has 0 amide bonds. The van der Waals surface area contributed by atoms with Crippen molar-refractivity contribution in [1.82, 2.24) is 15.2 Å². The van der Waals surface area contributed by atoms with Crippen LogP contribution in [0.4, 0.5) is 0 Å². The van der Waals surface area contributed by atoms with Gasteiger partial charge in [0.15, 0.2) is 0 Å². The molecule has 134 valence electrons. The molecule has 2 heterocycles. The Hall–Kier alpha value is -1.85. The number of likely N-dealkylation sites (tertiary alicyclic amines) is 1. The molecule has 0 radical (unpaired) electrons. The fourth-order valence-corrected chi connectivity index (χ4v) is 4.79. The lowest BCUT2D eigenvalue weighted by molar-refractivity contribution is -0.142. The average Bonchev–Trinajstić information content (AvgIpc) is 3.01. The summed E-state index contributed by atoms with van der Waals surface area (Å²) in [6.45, 7) is 4.53. The van der Waals surface area contributed by atoms with Crippen LogP contribution in [0, 0.1) is 5.92 Å². The van der Waals surface area contributed by atoms with Gasteiger partial charge in [0.25, 0.3) is 0 Å². The zero-order chi connectivity index (χ0) is 17.4. The number of hydrogen-bond donors (Lipinski definition) is 2. The molecule has 2 aromatic rings. The standard InChI is InChI=1S/C20H27N3O2/c1-3-25-19(24)11-21-9-13-7-16-15-5-4-6-17-20(15)14(10-22-17)8-18(16)23(2)12-13/h4-6,10,13,16,18,21-22H,3,7-9,11-12H2,1-2H3/t13-,16?,18+/m0/s1. The number of rotatable bonds is 5. The monoisotopic (exact) mass is 341 g/mol. The molecule has 1 saturated heterocycles. The fraction of sp³-hybridized carbons (Fsp3) is 0.550. The molecule has 1 aliphatic carbocycles. The van der Waals surface area contributed by atoms with E-state index in [1.54, 1.807) is 0 Å². The molecule has 2 aliphatic rings. The number of aromatic nitrogens is 1. The van der Waals surface area contributed by atoms with Gasteiger partial charge in [-0.2, -0.15) is 0 Å². The van der Waals surface area contributed by atoms with Crippen LogP contribution in [0.2, 0.25) is 0 Å². The van der Waals surface area contributed by atoms with Crippen LogP contribution in [0.5, 0.6) is 0 Å². The second-order valence-electron chi connectivity index (χ2n) is 7.44. The maximum atomic E-state index is 11.5. The van der Waals surface area contributed by atoms with E-state index in [2.05, 4.69) is 46.6 Å². The van der Waals surface area contributed by atoms with Crippen molar-refractivity contribution in [2.75, 3.05) is 33.3 Å². The second kappa shape index (κ2) is 6.81. The third kappa shape index (κ3) is 3.07. The van der Waals surface area contributed by atoms with Crippen molar-refractivity contribution in [2.45, 2.75) is 31.7 Å². The molecule has 2 N–H and O–H groups in total. The number of carbonyl (C=O) groups excluding carboxylic acids is 1. The van der Waals surface area contributed by atoms with Crippen LogP contribution < -0.4 is 5.32 Å². The summed E-state index contributed by atoms with van der Waals surface area (Å²) in [7, 11) is 2.24. The van der Waals surface area contributed by atoms with Crippen molar-refractivity contribution >= 4 is 16.9 Å². The number of hydrogen-bond acceptors (Lipinski definition) is 4. The van der Waals surface area contributed by atoms with E-state index >= 15 is 0 Å². The predicted octanol–water partition coefficient (Wildman–Crippen LogP) is 2.28. The van der Waals surface area contributed by atoms with Gasteiger partial charge in [-0.3, -0.25) is 4.79 Å². The lowest BCUT2D eigenvalue weighted by Gasteiger charge is -2.45. The van der Waals surface area contributed by atoms with Crippen LogP contribution in [-0.2, 0) is 16.0 Å². The van der Waals surface area contributed by atoms with Gasteiger partial charge < -0.3 is 19.9 Å². The highest BCUT2D eigenvalue weighted by molar-refractivity contribution is 5.88. The Morgan fingerprint density at radius 3 is 3.16 bits per heavy atom. The SMILES string of the molecule is CCOC(=O)CNC[C@@H]1CC2c3cccc4[nH]cc(c34)C[C@H]2N(C)C1. The number of H-pyrrole nitrogens is 1. The van der Waals surface area contributed by atoms with Gasteiger partial charge in [0, 0.05) is 35.6 Å². The topological polar surface area (TPSA) is 57.4 Å². The lowest BCUT2D eigenvalue weighted by atomic mass is 9.72. The summed E-state index contributed by atoms with van der Waals surface area (Å²) in [5.41, 5.74) is 4.21. The summed E-state index contributed by atoms with van der Waals surface area (Å²) in [4.78, 5) is 17.5. The Kier molecular flexibility index (Phi) is 4.52. The summed E-state index contributed by atoms with van der Waals surface area (Å²) in [6, 6.07) is 7.23. The van der Waals surface area contributed by atoms with Gasteiger partial charge in [-0.05, 0) is 56.5 Å². The van der Waals surface area contributed by atoms with Crippen molar-refractivity contribution in [1.29, 1.82) is 0 Å². The van der Waals surface area contributed by atoms with Crippen LogP contribution in [0.15, 0.2) is 24.4 Å². The van der Waals surface area contributed by atoms with Gasteiger partial charge in [0.05, 0.1) is 13.2 Å². The molecular formula is C20H27N3O2. The number of ether oxygens (including phenoxy) is 1. The van der Waals surface area contributed by atoms with Crippen molar-refractivity contribution in [3.8, 4) is 0 Å². The fourth-order valence-electron chi connectivity index (χ4n) is 4.79. The Balaban J connectivity index is 1.48. The molecule has 1 fully saturated rings. The van der Waals surface area contributed by atoms with Gasteiger partial charge >= 0.3 is 5.97 Å². The van der Waals surface area contributed by atoms with Crippen LogP contribution in [-0.4, -0.2) is 55.2 Å². The number of carbonyl (C=O) groups is 1. The lowest BCUT2D eigenvalue weighted by Crippen LogP contribution is -2.50. The first-order valence-electron chi connectivity index (χ1n) is 9.32. The van der Waals surface area contributed by atoms with Crippen LogP contribution in [0.3, 0.4) is 0 Å². The number of likely N-dealkylation sites (N-methyl/N-ethyl adjacent to an activating group) is 1. The van der Waals surface area contributed by atoms with Gasteiger partial charge in [0.2, 0.25) is 0 Å². The Labute approximate surface area is 148 Å². The summed E-state index contributed by atoms with van der Waals surface area (Å²) >= 11 is 0. The minimum absolute atomic E-state index is 0.163. The summed E-state index contributed by atoms with van der Waals surface area (Å²) in [6.07, 6.45) is 4.49. The van der Waals surface area contributed by atoms with E-state index in [-0.39, 0.29) is 5.97 Å². The molecule has 0 saturated carbocycles. The van der Waals surface area contributed by atoms with E-state index in [0.29, 0.717) is 31.0 Å². The normalized spacial score (nSPS) is 25.8. The van der Waals surface area contributed by atoms with E-state index in [4.69, 9.17) is 4.74 Å². The number of fused-ring (bicyclic) bond motifs is 2. The van der Waals surface area contributed by atoms with Gasteiger partial charge in [-0.25, -0.2) is 0 Å². The molecule has 3 atom stereocenters. The number of esters is 1. The minimum atomic E-state index is -0.163. The number of aromatic amines is 1. The zero-order valence-corrected chi connectivity index (χ0v) is 15.0. The maximum Gasteiger partial charge on any atom is 0.319 e. The molecule has 5 heteroatoms. The van der Waals surface area contributed by atoms with E-state index in [1.165, 1.54) is 28.5 Å². The number of piperidine rings is 1. The molecule has 1 aromatic carbocycles. The highest BCUT2D eigenvalue weighted by Gasteiger charge is 2.39. The molecule has 0 bridgehead atoms. The van der Waals surface area contributed by atoms with Crippen LogP contribution >= 0.6 is 0 Å². The van der Waals surface area contributed by atoms with Crippen LogP contribution in [0.1, 0.15) is 30.4 Å². The summed E-state index contributed by atoms with van der Waals surface area (Å²) in [5, 5.41) is 4.73. The van der Waals surface area contributed by atoms with Gasteiger partial charge in [-0.15, -0.1) is 0 Å². The van der Waals surface area contributed by atoms with Crippen LogP contribution in [0.25, 0.3) is 10.9 Å². The first-order valence-corrected chi connectivity index (χ1v) is 9.32. The minimum Gasteiger partial charge on any atom is -0.465 e. The number of nitrogens with one attached hydrogen (secondary N) is 2. The molecule has 1 unspecified atom stereocenters. The molecule has 5 nitrogen and oxygen atoms in total. The third-order valence-electron chi connectivity index (χ3n) is 5.82. The van der Waals surface area contributed by atoms with E-state index in [0.717, 1.165) is 19.5 Å². The average molecular weight is 341 g/mol. The highest BCUT2D eigenvalue weighted by atomic mass is 16.5. The highest BCUT2D eigenvalue weighted by Crippen LogP contribution is 2.44. The zero-order valence-electron chi connectivity index (χ0n) is 15.0. The van der Waals surface area contributed by atoms with Crippen molar-refractivity contribution in [3.63, 3.8) is 0 Å². The predicted molar refractivity (Wildman–Crippen MR) is 98.8 cm³/mol. The molecule has 1 aliphatic heterocycles. The Bertz CT molecular complexity index is 769. The van der Waals surface area contributed by atoms with Gasteiger partial charge in [-0.1, -0.05) is 12.1 Å². The van der Waals surface area contributed by atoms with Crippen molar-refractivity contribution in [2.24, 2.45) is 5.92 Å². The summed E-state index contributed by atoms with van der Waals surface area (Å²) < 4.78 is 4.99. The third-order valence-corrected chi connectivity index (χ3v) is 5.82. The van der Waals surface area contributed by atoms with E-state index in [9.17, 15) is 4.79 Å². The largest absolute Gasteiger partial charge is 0.465 e. The number of benzene rings is 1. The first-order chi connectivity index (χ1) is 12.2. The van der Waals surface area contributed by atoms with E-state index in [1.807, 2.05) is 6.92 Å². The molecule has 0 spiro atoms. The number of nitrogens with zero attached hydrogens (tertiary/aromatic N) is 1. The first kappa shape index (κ1) is 16.6. The Morgan fingerprint density at radius 1 is 1.44 bits per heavy atom. The second-order valence-corrected chi connectivity index (χ2v) is 7.44. The molecular weight excluding hydrogens is 314 g/mol. The maximum absolute atomic E-state index is 11.5. The van der Waals surface area contributed by atoms with Crippen molar-refractivity contribution in [3.05, 3.63) is 35.5 Å². The summed E-state index contributed by atoms with van der Waals surface area (Å²) in [5.74, 6) is 0.959. The quantitative estimate of drug-likeness (QED) is 0.819. The molecule has 1 aromatic heterocycles. The molecule has 25 heavy (non-hydrogen) atoms. The van der Waals surface area contributed by atoms with E-state index < -0.39 is 0 Å². The van der Waals surface area contributed by atoms with Crippen molar-refractivity contribution < 1.29 is 9.53 Å². The Morgan fingerprint density at radius 2 is 2.32 bits per heavy atom. The van der Waals surface area contributed by atoms with Gasteiger partial charge in [0.1, 0.15) is 0 Å².